The number of benzene rings is 2. The van der Waals surface area contributed by atoms with Crippen LogP contribution in [-0.2, 0) is 20.7 Å². The summed E-state index contributed by atoms with van der Waals surface area (Å²) in [7, 11) is 6.06. The fraction of sp³-hybridized carbons (Fsp3) is 0.280. The molecule has 1 heterocycles. The molecule has 0 saturated heterocycles. The Kier molecular flexibility index (Phi) is 7.20. The molecule has 0 spiro atoms. The number of amides is 1. The molecule has 0 atom stereocenters. The quantitative estimate of drug-likeness (QED) is 0.464. The van der Waals surface area contributed by atoms with Crippen LogP contribution in [0.5, 0.6) is 17.2 Å². The van der Waals surface area contributed by atoms with Crippen LogP contribution in [0.15, 0.2) is 59.3 Å². The highest BCUT2D eigenvalue weighted by atomic mass is 16.5. The fourth-order valence-corrected chi connectivity index (χ4v) is 3.64. The minimum atomic E-state index is -0.538. The van der Waals surface area contributed by atoms with E-state index in [2.05, 4.69) is 0 Å². The first kappa shape index (κ1) is 22.9. The zero-order valence-electron chi connectivity index (χ0n) is 18.9. The Balaban J connectivity index is 1.88. The maximum Gasteiger partial charge on any atom is 0.340 e. The van der Waals surface area contributed by atoms with Gasteiger partial charge in [0.05, 0.1) is 39.6 Å². The SMILES string of the molecule is COC(=O)C1=C(C)N(CCc2ccc(OC)c(OC)c2)C(=O)/C1=C\c1ccc(OC)cc1. The molecule has 0 saturated carbocycles. The molecule has 1 aliphatic heterocycles. The predicted octanol–water partition coefficient (Wildman–Crippen LogP) is 3.63. The van der Waals surface area contributed by atoms with Gasteiger partial charge in [-0.05, 0) is 54.8 Å². The Morgan fingerprint density at radius 1 is 0.938 bits per heavy atom. The van der Waals surface area contributed by atoms with Crippen LogP contribution in [0.1, 0.15) is 18.1 Å². The van der Waals surface area contributed by atoms with Crippen molar-refractivity contribution in [1.82, 2.24) is 4.90 Å². The average Bonchev–Trinajstić information content (AvgIpc) is 3.06. The summed E-state index contributed by atoms with van der Waals surface area (Å²) in [4.78, 5) is 27.4. The number of hydrogen-bond donors (Lipinski definition) is 0. The Morgan fingerprint density at radius 2 is 1.62 bits per heavy atom. The standard InChI is InChI=1S/C25H27NO6/c1-16-23(25(28)32-5)20(14-17-6-9-19(29-2)10-7-17)24(27)26(16)13-12-18-8-11-21(30-3)22(15-18)31-4/h6-11,14-15H,12-13H2,1-5H3/b20-14-. The Hall–Kier alpha value is -3.74. The molecule has 0 bridgehead atoms. The van der Waals surface area contributed by atoms with Crippen molar-refractivity contribution in [1.29, 1.82) is 0 Å². The second-order valence-corrected chi connectivity index (χ2v) is 7.18. The first-order chi connectivity index (χ1) is 15.4. The number of esters is 1. The minimum Gasteiger partial charge on any atom is -0.497 e. The van der Waals surface area contributed by atoms with E-state index in [0.29, 0.717) is 41.5 Å². The predicted molar refractivity (Wildman–Crippen MR) is 121 cm³/mol. The van der Waals surface area contributed by atoms with Crippen LogP contribution >= 0.6 is 0 Å². The number of nitrogens with zero attached hydrogens (tertiary/aromatic N) is 1. The molecule has 0 fully saturated rings. The van der Waals surface area contributed by atoms with Gasteiger partial charge in [-0.1, -0.05) is 18.2 Å². The zero-order chi connectivity index (χ0) is 23.3. The molecular formula is C25H27NO6. The van der Waals surface area contributed by atoms with Gasteiger partial charge in [-0.2, -0.15) is 0 Å². The number of rotatable bonds is 8. The summed E-state index contributed by atoms with van der Waals surface area (Å²) < 4.78 is 20.8. The molecular weight excluding hydrogens is 410 g/mol. The molecule has 1 aliphatic rings. The van der Waals surface area contributed by atoms with Gasteiger partial charge < -0.3 is 23.8 Å². The van der Waals surface area contributed by atoms with Crippen molar-refractivity contribution in [2.24, 2.45) is 0 Å². The largest absolute Gasteiger partial charge is 0.497 e. The van der Waals surface area contributed by atoms with Gasteiger partial charge in [0.1, 0.15) is 5.75 Å². The summed E-state index contributed by atoms with van der Waals surface area (Å²) in [5.74, 6) is 1.20. The van der Waals surface area contributed by atoms with Crippen LogP contribution in [0.25, 0.3) is 6.08 Å². The molecule has 168 valence electrons. The van der Waals surface area contributed by atoms with Gasteiger partial charge in [-0.3, -0.25) is 4.79 Å². The number of carbonyl (C=O) groups excluding carboxylic acids is 2. The summed E-state index contributed by atoms with van der Waals surface area (Å²) in [5, 5.41) is 0. The van der Waals surface area contributed by atoms with Crippen LogP contribution in [0.4, 0.5) is 0 Å². The van der Waals surface area contributed by atoms with Gasteiger partial charge >= 0.3 is 5.97 Å². The smallest absolute Gasteiger partial charge is 0.340 e. The molecule has 0 aliphatic carbocycles. The summed E-state index contributed by atoms with van der Waals surface area (Å²) in [6, 6.07) is 12.9. The number of ether oxygens (including phenoxy) is 4. The third-order valence-electron chi connectivity index (χ3n) is 5.40. The topological polar surface area (TPSA) is 74.3 Å². The van der Waals surface area contributed by atoms with Crippen LogP contribution in [0.2, 0.25) is 0 Å². The van der Waals surface area contributed by atoms with E-state index in [9.17, 15) is 9.59 Å². The van der Waals surface area contributed by atoms with Gasteiger partial charge in [0.15, 0.2) is 11.5 Å². The van der Waals surface area contributed by atoms with E-state index in [1.54, 1.807) is 51.4 Å². The maximum atomic E-state index is 13.3. The first-order valence-corrected chi connectivity index (χ1v) is 10.1. The second-order valence-electron chi connectivity index (χ2n) is 7.18. The zero-order valence-corrected chi connectivity index (χ0v) is 18.9. The van der Waals surface area contributed by atoms with Crippen molar-refractivity contribution >= 4 is 18.0 Å². The van der Waals surface area contributed by atoms with Gasteiger partial charge in [0.25, 0.3) is 5.91 Å². The number of hydrogen-bond acceptors (Lipinski definition) is 6. The van der Waals surface area contributed by atoms with Gasteiger partial charge in [-0.25, -0.2) is 4.79 Å². The number of carbonyl (C=O) groups is 2. The van der Waals surface area contributed by atoms with Crippen LogP contribution < -0.4 is 14.2 Å². The molecule has 0 radical (unpaired) electrons. The van der Waals surface area contributed by atoms with Crippen molar-refractivity contribution in [2.45, 2.75) is 13.3 Å². The average molecular weight is 437 g/mol. The van der Waals surface area contributed by atoms with Crippen molar-refractivity contribution in [2.75, 3.05) is 35.0 Å². The van der Waals surface area contributed by atoms with Crippen LogP contribution in [0, 0.1) is 0 Å². The van der Waals surface area contributed by atoms with E-state index in [0.717, 1.165) is 11.1 Å². The van der Waals surface area contributed by atoms with Crippen LogP contribution in [0.3, 0.4) is 0 Å². The summed E-state index contributed by atoms with van der Waals surface area (Å²) >= 11 is 0. The third kappa shape index (κ3) is 4.61. The van der Waals surface area contributed by atoms with E-state index in [1.807, 2.05) is 30.3 Å². The van der Waals surface area contributed by atoms with Crippen molar-refractivity contribution in [3.63, 3.8) is 0 Å². The lowest BCUT2D eigenvalue weighted by Gasteiger charge is -2.18. The summed E-state index contributed by atoms with van der Waals surface area (Å²) in [6.07, 6.45) is 2.28. The highest BCUT2D eigenvalue weighted by Crippen LogP contribution is 2.33. The van der Waals surface area contributed by atoms with Crippen molar-refractivity contribution < 1.29 is 28.5 Å². The molecule has 0 N–H and O–H groups in total. The van der Waals surface area contributed by atoms with E-state index >= 15 is 0 Å². The number of methoxy groups -OCH3 is 4. The highest BCUT2D eigenvalue weighted by Gasteiger charge is 2.36. The fourth-order valence-electron chi connectivity index (χ4n) is 3.64. The first-order valence-electron chi connectivity index (χ1n) is 10.1. The Bertz CT molecular complexity index is 1070. The maximum absolute atomic E-state index is 13.3. The van der Waals surface area contributed by atoms with Gasteiger partial charge in [0, 0.05) is 12.2 Å². The second kappa shape index (κ2) is 10.0. The molecule has 32 heavy (non-hydrogen) atoms. The van der Waals surface area contributed by atoms with E-state index < -0.39 is 5.97 Å². The minimum absolute atomic E-state index is 0.237. The lowest BCUT2D eigenvalue weighted by molar-refractivity contribution is -0.136. The normalized spacial score (nSPS) is 14.7. The lowest BCUT2D eigenvalue weighted by atomic mass is 10.0. The molecule has 0 aromatic heterocycles. The molecule has 0 unspecified atom stereocenters. The summed E-state index contributed by atoms with van der Waals surface area (Å²) in [6.45, 7) is 2.16. The molecule has 2 aromatic rings. The Labute approximate surface area is 187 Å². The molecule has 7 nitrogen and oxygen atoms in total. The van der Waals surface area contributed by atoms with Gasteiger partial charge in [-0.15, -0.1) is 0 Å². The monoisotopic (exact) mass is 437 g/mol. The highest BCUT2D eigenvalue weighted by molar-refractivity contribution is 6.16. The van der Waals surface area contributed by atoms with E-state index in [4.69, 9.17) is 18.9 Å². The van der Waals surface area contributed by atoms with Gasteiger partial charge in [0.2, 0.25) is 0 Å². The van der Waals surface area contributed by atoms with Crippen molar-refractivity contribution in [3.05, 3.63) is 70.4 Å². The van der Waals surface area contributed by atoms with Crippen molar-refractivity contribution in [3.8, 4) is 17.2 Å². The van der Waals surface area contributed by atoms with E-state index in [1.165, 1.54) is 7.11 Å². The van der Waals surface area contributed by atoms with Crippen LogP contribution in [-0.4, -0.2) is 51.8 Å². The molecule has 3 rings (SSSR count). The lowest BCUT2D eigenvalue weighted by Crippen LogP contribution is -2.27. The van der Waals surface area contributed by atoms with E-state index in [-0.39, 0.29) is 11.5 Å². The molecule has 2 aromatic carbocycles. The third-order valence-corrected chi connectivity index (χ3v) is 5.40. The number of allylic oxidation sites excluding steroid dienone is 1. The Morgan fingerprint density at radius 3 is 2.22 bits per heavy atom. The molecule has 1 amide bonds. The molecule has 7 heteroatoms. The summed E-state index contributed by atoms with van der Waals surface area (Å²) in [5.41, 5.74) is 2.93.